The quantitative estimate of drug-likeness (QED) is 0.0722. The minimum absolute atomic E-state index is 0.00599. The van der Waals surface area contributed by atoms with Crippen LogP contribution < -0.4 is 0 Å². The number of allylic oxidation sites excluding steroid dienone is 1. The minimum atomic E-state index is -0.876. The molecule has 0 rings (SSSR count). The number of aliphatic carboxylic acids is 1. The number of hydrogen-bond donors (Lipinski definition) is 1. The molecule has 4 heteroatoms. The Bertz CT molecular complexity index is 474. The second-order valence-corrected chi connectivity index (χ2v) is 10.0. The van der Waals surface area contributed by atoms with Crippen molar-refractivity contribution < 1.29 is 19.4 Å². The van der Waals surface area contributed by atoms with Crippen LogP contribution in [0.2, 0.25) is 0 Å². The Hall–Kier alpha value is -1.32. The molecule has 1 unspecified atom stereocenters. The van der Waals surface area contributed by atoms with E-state index in [4.69, 9.17) is 4.74 Å². The van der Waals surface area contributed by atoms with Gasteiger partial charge in [0.1, 0.15) is 0 Å². The van der Waals surface area contributed by atoms with Crippen molar-refractivity contribution >= 4 is 11.9 Å². The molecule has 1 N–H and O–H groups in total. The second kappa shape index (κ2) is 26.3. The number of unbranched alkanes of at least 4 members (excludes halogenated alkanes) is 19. The topological polar surface area (TPSA) is 63.6 Å². The molecule has 4 nitrogen and oxygen atoms in total. The molecule has 0 bridgehead atoms. The molecule has 200 valence electrons. The molecule has 1 atom stereocenters. The summed E-state index contributed by atoms with van der Waals surface area (Å²) >= 11 is 0. The third-order valence-corrected chi connectivity index (χ3v) is 6.69. The number of rotatable bonds is 27. The Kier molecular flexibility index (Phi) is 25.3. The molecular weight excluding hydrogens is 424 g/mol. The summed E-state index contributed by atoms with van der Waals surface area (Å²) < 4.78 is 5.02. The lowest BCUT2D eigenvalue weighted by molar-refractivity contribution is -0.151. The van der Waals surface area contributed by atoms with Crippen LogP contribution in [0.4, 0.5) is 0 Å². The highest BCUT2D eigenvalue weighted by atomic mass is 16.5. The fourth-order valence-electron chi connectivity index (χ4n) is 4.47. The summed E-state index contributed by atoms with van der Waals surface area (Å²) in [5.74, 6) is -1.85. The lowest BCUT2D eigenvalue weighted by Gasteiger charge is -2.11. The van der Waals surface area contributed by atoms with E-state index in [9.17, 15) is 14.7 Å². The van der Waals surface area contributed by atoms with Gasteiger partial charge in [-0.25, -0.2) is 0 Å². The van der Waals surface area contributed by atoms with Crippen LogP contribution in [0.3, 0.4) is 0 Å². The van der Waals surface area contributed by atoms with Gasteiger partial charge in [0.05, 0.1) is 18.9 Å². The van der Waals surface area contributed by atoms with Crippen LogP contribution in [0.25, 0.3) is 0 Å². The van der Waals surface area contributed by atoms with Gasteiger partial charge in [-0.3, -0.25) is 9.59 Å². The Morgan fingerprint density at radius 1 is 0.706 bits per heavy atom. The Morgan fingerprint density at radius 2 is 1.09 bits per heavy atom. The van der Waals surface area contributed by atoms with E-state index >= 15 is 0 Å². The number of carbonyl (C=O) groups is 2. The van der Waals surface area contributed by atoms with Crippen LogP contribution >= 0.6 is 0 Å². The third-order valence-electron chi connectivity index (χ3n) is 6.69. The first-order valence-electron chi connectivity index (χ1n) is 14.6. The van der Waals surface area contributed by atoms with Crippen LogP contribution in [0.15, 0.2) is 12.7 Å². The first-order chi connectivity index (χ1) is 16.6. The summed E-state index contributed by atoms with van der Waals surface area (Å²) in [5, 5.41) is 9.30. The van der Waals surface area contributed by atoms with E-state index in [1.807, 2.05) is 13.0 Å². The molecule has 0 aliphatic carbocycles. The van der Waals surface area contributed by atoms with Gasteiger partial charge in [0.25, 0.3) is 0 Å². The van der Waals surface area contributed by atoms with Gasteiger partial charge in [0.15, 0.2) is 0 Å². The SMILES string of the molecule is C=CCCCCCCCCCCCCCCCCCCCCCC(CC(=O)OCCC)C(=O)O. The van der Waals surface area contributed by atoms with E-state index in [1.54, 1.807) is 0 Å². The number of carboxylic acids is 1. The normalized spacial score (nSPS) is 11.9. The summed E-state index contributed by atoms with van der Waals surface area (Å²) in [7, 11) is 0. The fourth-order valence-corrected chi connectivity index (χ4v) is 4.47. The highest BCUT2D eigenvalue weighted by Crippen LogP contribution is 2.18. The summed E-state index contributed by atoms with van der Waals surface area (Å²) in [6.45, 7) is 6.08. The van der Waals surface area contributed by atoms with Gasteiger partial charge < -0.3 is 9.84 Å². The monoisotopic (exact) mass is 480 g/mol. The Balaban J connectivity index is 3.33. The van der Waals surface area contributed by atoms with Gasteiger partial charge in [-0.15, -0.1) is 6.58 Å². The summed E-state index contributed by atoms with van der Waals surface area (Å²) in [6, 6.07) is 0. The Labute approximate surface area is 211 Å². The first kappa shape index (κ1) is 32.7. The summed E-state index contributed by atoms with van der Waals surface area (Å²) in [6.07, 6.45) is 29.6. The summed E-state index contributed by atoms with van der Waals surface area (Å²) in [4.78, 5) is 23.0. The molecule has 0 spiro atoms. The van der Waals surface area contributed by atoms with Crippen molar-refractivity contribution in [2.75, 3.05) is 6.61 Å². The Morgan fingerprint density at radius 3 is 1.44 bits per heavy atom. The minimum Gasteiger partial charge on any atom is -0.481 e. The number of carbonyl (C=O) groups excluding carboxylic acids is 1. The van der Waals surface area contributed by atoms with Gasteiger partial charge in [-0.2, -0.15) is 0 Å². The van der Waals surface area contributed by atoms with E-state index in [0.29, 0.717) is 13.0 Å². The summed E-state index contributed by atoms with van der Waals surface area (Å²) in [5.41, 5.74) is 0. The van der Waals surface area contributed by atoms with Gasteiger partial charge >= 0.3 is 11.9 Å². The van der Waals surface area contributed by atoms with Crippen molar-refractivity contribution in [2.24, 2.45) is 5.92 Å². The standard InChI is InChI=1S/C30H56O4/c1-3-5-6-7-8-9-10-11-12-13-14-15-16-17-18-19-20-21-22-23-24-25-28(30(32)33)27-29(31)34-26-4-2/h3,28H,1,4-27H2,2H3,(H,32,33). The largest absolute Gasteiger partial charge is 0.481 e. The average molecular weight is 481 g/mol. The van der Waals surface area contributed by atoms with Crippen LogP contribution in [0.1, 0.15) is 155 Å². The zero-order chi connectivity index (χ0) is 25.1. The first-order valence-corrected chi connectivity index (χ1v) is 14.6. The molecule has 0 aliphatic heterocycles. The van der Waals surface area contributed by atoms with E-state index in [0.717, 1.165) is 19.3 Å². The van der Waals surface area contributed by atoms with Gasteiger partial charge in [0.2, 0.25) is 0 Å². The third kappa shape index (κ3) is 23.8. The van der Waals surface area contributed by atoms with E-state index in [2.05, 4.69) is 6.58 Å². The van der Waals surface area contributed by atoms with Crippen molar-refractivity contribution in [3.05, 3.63) is 12.7 Å². The van der Waals surface area contributed by atoms with Crippen LogP contribution in [-0.2, 0) is 14.3 Å². The number of hydrogen-bond acceptors (Lipinski definition) is 3. The van der Waals surface area contributed by atoms with E-state index < -0.39 is 11.9 Å². The molecule has 34 heavy (non-hydrogen) atoms. The molecule has 0 radical (unpaired) electrons. The van der Waals surface area contributed by atoms with Gasteiger partial charge in [-0.05, 0) is 25.7 Å². The van der Waals surface area contributed by atoms with Crippen molar-refractivity contribution in [1.82, 2.24) is 0 Å². The molecule has 0 fully saturated rings. The van der Waals surface area contributed by atoms with Crippen LogP contribution in [0, 0.1) is 5.92 Å². The van der Waals surface area contributed by atoms with Crippen LogP contribution in [0.5, 0.6) is 0 Å². The smallest absolute Gasteiger partial charge is 0.307 e. The van der Waals surface area contributed by atoms with Gasteiger partial charge in [0, 0.05) is 0 Å². The highest BCUT2D eigenvalue weighted by Gasteiger charge is 2.21. The highest BCUT2D eigenvalue weighted by molar-refractivity contribution is 5.78. The fraction of sp³-hybridized carbons (Fsp3) is 0.867. The predicted octanol–water partition coefficient (Wildman–Crippen LogP) is 9.41. The predicted molar refractivity (Wildman–Crippen MR) is 144 cm³/mol. The zero-order valence-corrected chi connectivity index (χ0v) is 22.5. The van der Waals surface area contributed by atoms with E-state index in [1.165, 1.54) is 116 Å². The van der Waals surface area contributed by atoms with E-state index in [-0.39, 0.29) is 12.4 Å². The van der Waals surface area contributed by atoms with Crippen molar-refractivity contribution in [1.29, 1.82) is 0 Å². The van der Waals surface area contributed by atoms with Gasteiger partial charge in [-0.1, -0.05) is 129 Å². The maximum atomic E-state index is 11.6. The molecule has 0 amide bonds. The van der Waals surface area contributed by atoms with Crippen molar-refractivity contribution in [3.63, 3.8) is 0 Å². The molecule has 0 saturated heterocycles. The van der Waals surface area contributed by atoms with Crippen molar-refractivity contribution in [3.8, 4) is 0 Å². The molecule has 0 heterocycles. The maximum absolute atomic E-state index is 11.6. The molecular formula is C30H56O4. The number of carboxylic acid groups (broad SMARTS) is 1. The lowest BCUT2D eigenvalue weighted by Crippen LogP contribution is -2.19. The molecule has 0 aromatic rings. The number of ether oxygens (including phenoxy) is 1. The van der Waals surface area contributed by atoms with Crippen LogP contribution in [-0.4, -0.2) is 23.7 Å². The van der Waals surface area contributed by atoms with Crippen molar-refractivity contribution in [2.45, 2.75) is 155 Å². The lowest BCUT2D eigenvalue weighted by atomic mass is 9.97. The molecule has 0 aliphatic rings. The molecule has 0 saturated carbocycles. The molecule has 0 aromatic heterocycles. The molecule has 0 aromatic carbocycles. The maximum Gasteiger partial charge on any atom is 0.307 e. The average Bonchev–Trinajstić information content (AvgIpc) is 2.82. The number of esters is 1. The zero-order valence-electron chi connectivity index (χ0n) is 22.5. The second-order valence-electron chi connectivity index (χ2n) is 10.0.